The smallest absolute Gasteiger partial charge is 0.188 e. The maximum absolute atomic E-state index is 5.85. The number of nitrogens with zero attached hydrogens (tertiary/aromatic N) is 3. The molecule has 0 saturated heterocycles. The average Bonchev–Trinajstić information content (AvgIpc) is 3.19. The summed E-state index contributed by atoms with van der Waals surface area (Å²) in [6.07, 6.45) is 8.42. The van der Waals surface area contributed by atoms with E-state index in [0.29, 0.717) is 5.96 Å². The molecule has 2 aromatic heterocycles. The van der Waals surface area contributed by atoms with Crippen LogP contribution in [0.1, 0.15) is 29.9 Å². The van der Waals surface area contributed by atoms with Crippen LogP contribution in [0, 0.1) is 6.92 Å². The standard InChI is InChI=1S/C15H25N7S.3ClH/c1-12-14(22-11-20-12)9-23-7-6-19-15(16)18-5-3-2-4-13-8-17-10-21-13;;;/h8,10-11H,2-7,9H2,1H3,(H,17,21)(H,20,22)(H3,16,18,19);3*1H. The fourth-order valence-electron chi connectivity index (χ4n) is 2.06. The number of hydrogen-bond acceptors (Lipinski definition) is 4. The molecule has 0 unspecified atom stereocenters. The molecule has 0 amide bonds. The predicted octanol–water partition coefficient (Wildman–Crippen LogP) is 2.87. The predicted molar refractivity (Wildman–Crippen MR) is 117 cm³/mol. The van der Waals surface area contributed by atoms with Gasteiger partial charge >= 0.3 is 0 Å². The Morgan fingerprint density at radius 2 is 2.04 bits per heavy atom. The molecule has 5 N–H and O–H groups in total. The minimum absolute atomic E-state index is 0. The summed E-state index contributed by atoms with van der Waals surface area (Å²) < 4.78 is 0. The number of halogens is 3. The molecule has 0 radical (unpaired) electrons. The minimum atomic E-state index is 0. The number of imidazole rings is 2. The second kappa shape index (κ2) is 16.1. The highest BCUT2D eigenvalue weighted by Gasteiger charge is 2.00. The molecule has 0 aromatic carbocycles. The third kappa shape index (κ3) is 10.8. The SMILES string of the molecule is Cc1[nH]cnc1CSCCNC(N)=NCCCCc1cnc[nH]1.Cl.Cl.Cl. The molecular weight excluding hydrogens is 417 g/mol. The Balaban J connectivity index is 0. The molecule has 0 bridgehead atoms. The molecule has 0 fully saturated rings. The summed E-state index contributed by atoms with van der Waals surface area (Å²) in [7, 11) is 0. The summed E-state index contributed by atoms with van der Waals surface area (Å²) in [5, 5.41) is 3.14. The first-order chi connectivity index (χ1) is 11.3. The summed E-state index contributed by atoms with van der Waals surface area (Å²) >= 11 is 1.83. The van der Waals surface area contributed by atoms with Crippen LogP contribution in [0.25, 0.3) is 0 Å². The lowest BCUT2D eigenvalue weighted by atomic mass is 10.2. The lowest BCUT2D eigenvalue weighted by Gasteiger charge is -2.05. The zero-order chi connectivity index (χ0) is 16.3. The number of aromatic nitrogens is 4. The number of hydrogen-bond donors (Lipinski definition) is 4. The van der Waals surface area contributed by atoms with Gasteiger partial charge in [0.2, 0.25) is 0 Å². The highest BCUT2D eigenvalue weighted by molar-refractivity contribution is 7.98. The van der Waals surface area contributed by atoms with E-state index < -0.39 is 0 Å². The molecule has 2 aromatic rings. The van der Waals surface area contributed by atoms with E-state index >= 15 is 0 Å². The molecule has 0 aliphatic carbocycles. The first-order valence-electron chi connectivity index (χ1n) is 7.83. The van der Waals surface area contributed by atoms with Crippen molar-refractivity contribution in [2.24, 2.45) is 10.7 Å². The molecule has 7 nitrogen and oxygen atoms in total. The maximum Gasteiger partial charge on any atom is 0.188 e. The van der Waals surface area contributed by atoms with Crippen molar-refractivity contribution in [3.63, 3.8) is 0 Å². The topological polar surface area (TPSA) is 108 Å². The number of rotatable bonds is 10. The van der Waals surface area contributed by atoms with Gasteiger partial charge in [-0.3, -0.25) is 4.99 Å². The van der Waals surface area contributed by atoms with Crippen LogP contribution in [-0.4, -0.2) is 44.7 Å². The van der Waals surface area contributed by atoms with Crippen LogP contribution in [0.4, 0.5) is 0 Å². The van der Waals surface area contributed by atoms with E-state index in [9.17, 15) is 0 Å². The normalized spacial score (nSPS) is 10.4. The third-order valence-electron chi connectivity index (χ3n) is 3.42. The van der Waals surface area contributed by atoms with Gasteiger partial charge in [-0.25, -0.2) is 9.97 Å². The molecule has 26 heavy (non-hydrogen) atoms. The maximum atomic E-state index is 5.85. The molecular formula is C15H28Cl3N7S. The highest BCUT2D eigenvalue weighted by atomic mass is 35.5. The summed E-state index contributed by atoms with van der Waals surface area (Å²) in [5.74, 6) is 2.42. The molecule has 0 spiro atoms. The Hall–Kier alpha value is -1.09. The molecule has 0 aliphatic rings. The van der Waals surface area contributed by atoms with Crippen LogP contribution in [-0.2, 0) is 12.2 Å². The summed E-state index contributed by atoms with van der Waals surface area (Å²) in [6.45, 7) is 3.61. The van der Waals surface area contributed by atoms with Gasteiger partial charge in [0.1, 0.15) is 0 Å². The van der Waals surface area contributed by atoms with Gasteiger partial charge < -0.3 is 21.0 Å². The Kier molecular flexibility index (Phi) is 16.8. The van der Waals surface area contributed by atoms with E-state index in [1.54, 1.807) is 12.7 Å². The molecule has 150 valence electrons. The van der Waals surface area contributed by atoms with Crippen LogP contribution < -0.4 is 11.1 Å². The van der Waals surface area contributed by atoms with Gasteiger partial charge in [0, 0.05) is 42.2 Å². The zero-order valence-corrected chi connectivity index (χ0v) is 18.0. The van der Waals surface area contributed by atoms with Gasteiger partial charge in [-0.1, -0.05) is 0 Å². The molecule has 0 aliphatic heterocycles. The Morgan fingerprint density at radius 1 is 1.23 bits per heavy atom. The van der Waals surface area contributed by atoms with Gasteiger partial charge in [0.15, 0.2) is 5.96 Å². The van der Waals surface area contributed by atoms with Crippen LogP contribution in [0.2, 0.25) is 0 Å². The van der Waals surface area contributed by atoms with Crippen molar-refractivity contribution in [3.8, 4) is 0 Å². The largest absolute Gasteiger partial charge is 0.370 e. The molecule has 0 saturated carbocycles. The quantitative estimate of drug-likeness (QED) is 0.256. The fourth-order valence-corrected chi connectivity index (χ4v) is 2.93. The van der Waals surface area contributed by atoms with Crippen molar-refractivity contribution in [1.82, 2.24) is 25.3 Å². The van der Waals surface area contributed by atoms with E-state index in [4.69, 9.17) is 5.73 Å². The van der Waals surface area contributed by atoms with Gasteiger partial charge in [0.25, 0.3) is 0 Å². The zero-order valence-electron chi connectivity index (χ0n) is 14.7. The highest BCUT2D eigenvalue weighted by Crippen LogP contribution is 2.11. The van der Waals surface area contributed by atoms with E-state index in [2.05, 4.69) is 30.2 Å². The number of aromatic amines is 2. The number of guanidine groups is 1. The third-order valence-corrected chi connectivity index (χ3v) is 4.39. The minimum Gasteiger partial charge on any atom is -0.370 e. The number of aliphatic imine (C=N–C) groups is 1. The second-order valence-corrected chi connectivity index (χ2v) is 6.36. The van der Waals surface area contributed by atoms with Crippen molar-refractivity contribution in [1.29, 1.82) is 0 Å². The van der Waals surface area contributed by atoms with Crippen LogP contribution in [0.15, 0.2) is 23.8 Å². The molecule has 2 heterocycles. The monoisotopic (exact) mass is 443 g/mol. The number of aryl methyl sites for hydroxylation is 2. The second-order valence-electron chi connectivity index (χ2n) is 5.25. The van der Waals surface area contributed by atoms with Gasteiger partial charge in [-0.05, 0) is 26.2 Å². The van der Waals surface area contributed by atoms with Gasteiger partial charge in [-0.2, -0.15) is 11.8 Å². The first-order valence-corrected chi connectivity index (χ1v) is 8.99. The van der Waals surface area contributed by atoms with E-state index in [1.165, 1.54) is 5.69 Å². The summed E-state index contributed by atoms with van der Waals surface area (Å²) in [6, 6.07) is 0. The first kappa shape index (κ1) is 27.1. The lowest BCUT2D eigenvalue weighted by Crippen LogP contribution is -2.33. The van der Waals surface area contributed by atoms with Crippen LogP contribution >= 0.6 is 49.0 Å². The van der Waals surface area contributed by atoms with E-state index in [0.717, 1.165) is 55.2 Å². The molecule has 11 heteroatoms. The lowest BCUT2D eigenvalue weighted by molar-refractivity contribution is 0.732. The van der Waals surface area contributed by atoms with Crippen molar-refractivity contribution in [2.75, 3.05) is 18.8 Å². The van der Waals surface area contributed by atoms with Crippen molar-refractivity contribution >= 4 is 54.9 Å². The van der Waals surface area contributed by atoms with E-state index in [-0.39, 0.29) is 37.2 Å². The Labute approximate surface area is 177 Å². The number of nitrogens with two attached hydrogens (primary N) is 1. The Bertz CT molecular complexity index is 590. The number of unbranched alkanes of at least 4 members (excludes halogenated alkanes) is 1. The van der Waals surface area contributed by atoms with Crippen molar-refractivity contribution in [3.05, 3.63) is 35.9 Å². The van der Waals surface area contributed by atoms with Crippen LogP contribution in [0.5, 0.6) is 0 Å². The number of nitrogens with one attached hydrogen (secondary N) is 3. The fraction of sp³-hybridized carbons (Fsp3) is 0.533. The molecule has 0 atom stereocenters. The Morgan fingerprint density at radius 3 is 2.69 bits per heavy atom. The van der Waals surface area contributed by atoms with Gasteiger partial charge in [0.05, 0.1) is 18.3 Å². The number of thioether (sulfide) groups is 1. The summed E-state index contributed by atoms with van der Waals surface area (Å²) in [4.78, 5) is 18.8. The average molecular weight is 445 g/mol. The van der Waals surface area contributed by atoms with Crippen molar-refractivity contribution in [2.45, 2.75) is 31.9 Å². The van der Waals surface area contributed by atoms with Crippen molar-refractivity contribution < 1.29 is 0 Å². The number of H-pyrrole nitrogens is 2. The summed E-state index contributed by atoms with van der Waals surface area (Å²) in [5.41, 5.74) is 9.28. The van der Waals surface area contributed by atoms with Crippen LogP contribution in [0.3, 0.4) is 0 Å². The molecule has 2 rings (SSSR count). The van der Waals surface area contributed by atoms with Gasteiger partial charge in [-0.15, -0.1) is 37.2 Å². The van der Waals surface area contributed by atoms with E-state index in [1.807, 2.05) is 24.9 Å².